The van der Waals surface area contributed by atoms with E-state index in [2.05, 4.69) is 33.0 Å². The molecule has 1 N–H and O–H groups in total. The van der Waals surface area contributed by atoms with Gasteiger partial charge in [0.15, 0.2) is 0 Å². The Hall–Kier alpha value is -1.16. The van der Waals surface area contributed by atoms with Crippen molar-refractivity contribution in [2.45, 2.75) is 46.0 Å². The van der Waals surface area contributed by atoms with E-state index in [1.165, 1.54) is 28.7 Å². The summed E-state index contributed by atoms with van der Waals surface area (Å²) >= 11 is 1.79. The molecule has 1 aliphatic carbocycles. The van der Waals surface area contributed by atoms with Crippen molar-refractivity contribution in [3.8, 4) is 0 Å². The molecule has 4 heteroatoms. The van der Waals surface area contributed by atoms with E-state index in [1.54, 1.807) is 11.3 Å². The van der Waals surface area contributed by atoms with Gasteiger partial charge in [-0.15, -0.1) is 11.3 Å². The maximum absolute atomic E-state index is 4.80. The molecule has 1 aliphatic rings. The number of aryl methyl sites for hydroxylation is 2. The fraction of sp³-hybridized carbons (Fsp3) is 0.571. The zero-order chi connectivity index (χ0) is 12.9. The van der Waals surface area contributed by atoms with Crippen molar-refractivity contribution in [3.63, 3.8) is 0 Å². The van der Waals surface area contributed by atoms with Crippen molar-refractivity contribution in [1.29, 1.82) is 0 Å². The maximum Gasteiger partial charge on any atom is 0.138 e. The summed E-state index contributed by atoms with van der Waals surface area (Å²) < 4.78 is 0. The fourth-order valence-electron chi connectivity index (χ4n) is 2.23. The molecule has 1 fully saturated rings. The number of hydrogen-bond donors (Lipinski definition) is 1. The molecule has 3 rings (SSSR count). The first-order chi connectivity index (χ1) is 8.55. The molecule has 2 heterocycles. The van der Waals surface area contributed by atoms with Crippen LogP contribution in [0.1, 0.15) is 43.0 Å². The molecule has 18 heavy (non-hydrogen) atoms. The molecule has 0 atom stereocenters. The lowest BCUT2D eigenvalue weighted by molar-refractivity contribution is 0.717. The molecule has 0 radical (unpaired) electrons. The maximum atomic E-state index is 4.80. The lowest BCUT2D eigenvalue weighted by Crippen LogP contribution is -2.10. The van der Waals surface area contributed by atoms with Gasteiger partial charge in [0.25, 0.3) is 0 Å². The molecule has 96 valence electrons. The van der Waals surface area contributed by atoms with Gasteiger partial charge in [-0.25, -0.2) is 9.97 Å². The van der Waals surface area contributed by atoms with Gasteiger partial charge in [0, 0.05) is 16.8 Å². The average molecular weight is 261 g/mol. The summed E-state index contributed by atoms with van der Waals surface area (Å²) in [6, 6.07) is 0. The number of rotatable bonds is 3. The van der Waals surface area contributed by atoms with Crippen LogP contribution in [-0.2, 0) is 5.41 Å². The van der Waals surface area contributed by atoms with Crippen LogP contribution in [0.15, 0.2) is 0 Å². The lowest BCUT2D eigenvalue weighted by atomic mass is 10.1. The van der Waals surface area contributed by atoms with E-state index >= 15 is 0 Å². The first kappa shape index (κ1) is 11.9. The third-order valence-electron chi connectivity index (χ3n) is 3.91. The highest BCUT2D eigenvalue weighted by Gasteiger charge is 2.42. The molecule has 0 bridgehead atoms. The largest absolute Gasteiger partial charge is 0.370 e. The smallest absolute Gasteiger partial charge is 0.138 e. The molecule has 2 aromatic heterocycles. The van der Waals surface area contributed by atoms with Gasteiger partial charge in [-0.1, -0.05) is 6.92 Å². The minimum atomic E-state index is 0.226. The summed E-state index contributed by atoms with van der Waals surface area (Å²) in [5, 5.41) is 4.62. The Morgan fingerprint density at radius 2 is 2.00 bits per heavy atom. The molecule has 0 aliphatic heterocycles. The standard InChI is InChI=1S/C14H19N3S/c1-5-15-11-10-8(2)9(3)18-12(10)17-13(16-11)14(4)6-7-14/h5-7H2,1-4H3,(H,15,16,17). The van der Waals surface area contributed by atoms with Gasteiger partial charge in [-0.2, -0.15) is 0 Å². The number of nitrogens with zero attached hydrogens (tertiary/aromatic N) is 2. The van der Waals surface area contributed by atoms with E-state index < -0.39 is 0 Å². The fourth-order valence-corrected chi connectivity index (χ4v) is 3.26. The van der Waals surface area contributed by atoms with E-state index in [9.17, 15) is 0 Å². The molecule has 1 saturated carbocycles. The van der Waals surface area contributed by atoms with Gasteiger partial charge in [-0.3, -0.25) is 0 Å². The molecular formula is C14H19N3S. The number of aromatic nitrogens is 2. The predicted octanol–water partition coefficient (Wildman–Crippen LogP) is 3.79. The molecule has 3 nitrogen and oxygen atoms in total. The highest BCUT2D eigenvalue weighted by molar-refractivity contribution is 7.18. The number of nitrogens with one attached hydrogen (secondary N) is 1. The lowest BCUT2D eigenvalue weighted by Gasteiger charge is -2.11. The minimum Gasteiger partial charge on any atom is -0.370 e. The van der Waals surface area contributed by atoms with Crippen molar-refractivity contribution in [2.75, 3.05) is 11.9 Å². The average Bonchev–Trinajstić information content (AvgIpc) is 3.01. The summed E-state index contributed by atoms with van der Waals surface area (Å²) in [6.07, 6.45) is 2.43. The zero-order valence-corrected chi connectivity index (χ0v) is 12.2. The Morgan fingerprint density at radius 3 is 2.61 bits per heavy atom. The minimum absolute atomic E-state index is 0.226. The summed E-state index contributed by atoms with van der Waals surface area (Å²) in [7, 11) is 0. The van der Waals surface area contributed by atoms with Crippen molar-refractivity contribution in [3.05, 3.63) is 16.3 Å². The van der Waals surface area contributed by atoms with Gasteiger partial charge >= 0.3 is 0 Å². The van der Waals surface area contributed by atoms with Gasteiger partial charge in [0.2, 0.25) is 0 Å². The van der Waals surface area contributed by atoms with Crippen LogP contribution in [-0.4, -0.2) is 16.5 Å². The van der Waals surface area contributed by atoms with Gasteiger partial charge < -0.3 is 5.32 Å². The first-order valence-electron chi connectivity index (χ1n) is 6.57. The number of fused-ring (bicyclic) bond motifs is 1. The molecule has 0 amide bonds. The third kappa shape index (κ3) is 1.70. The SMILES string of the molecule is CCNc1nc(C2(C)CC2)nc2sc(C)c(C)c12. The van der Waals surface area contributed by atoms with Crippen LogP contribution in [0.25, 0.3) is 10.2 Å². The Balaban J connectivity index is 2.25. The van der Waals surface area contributed by atoms with E-state index in [0.717, 1.165) is 23.0 Å². The van der Waals surface area contributed by atoms with E-state index in [-0.39, 0.29) is 5.41 Å². The summed E-state index contributed by atoms with van der Waals surface area (Å²) in [5.41, 5.74) is 1.54. The van der Waals surface area contributed by atoms with E-state index in [1.807, 2.05) is 0 Å². The summed E-state index contributed by atoms with van der Waals surface area (Å²) in [5.74, 6) is 2.04. The van der Waals surface area contributed by atoms with Gasteiger partial charge in [0.05, 0.1) is 5.39 Å². The van der Waals surface area contributed by atoms with Crippen LogP contribution in [0.2, 0.25) is 0 Å². The number of thiophene rings is 1. The quantitative estimate of drug-likeness (QED) is 0.913. The highest BCUT2D eigenvalue weighted by Crippen LogP contribution is 2.47. The van der Waals surface area contributed by atoms with E-state index in [0.29, 0.717) is 0 Å². The second kappa shape index (κ2) is 3.92. The summed E-state index contributed by atoms with van der Waals surface area (Å²) in [4.78, 5) is 12.1. The Labute approximate surface area is 112 Å². The van der Waals surface area contributed by atoms with Crippen LogP contribution >= 0.6 is 11.3 Å². The molecule has 0 spiro atoms. The van der Waals surface area contributed by atoms with Crippen LogP contribution in [0.4, 0.5) is 5.82 Å². The van der Waals surface area contributed by atoms with Crippen molar-refractivity contribution >= 4 is 27.4 Å². The van der Waals surface area contributed by atoms with Crippen molar-refractivity contribution in [1.82, 2.24) is 9.97 Å². The van der Waals surface area contributed by atoms with Crippen LogP contribution in [0.5, 0.6) is 0 Å². The van der Waals surface area contributed by atoms with E-state index in [4.69, 9.17) is 9.97 Å². The second-order valence-electron chi connectivity index (χ2n) is 5.45. The highest BCUT2D eigenvalue weighted by atomic mass is 32.1. The van der Waals surface area contributed by atoms with Crippen molar-refractivity contribution < 1.29 is 0 Å². The normalized spacial score (nSPS) is 17.1. The Morgan fingerprint density at radius 1 is 1.28 bits per heavy atom. The molecule has 0 saturated heterocycles. The number of hydrogen-bond acceptors (Lipinski definition) is 4. The predicted molar refractivity (Wildman–Crippen MR) is 77.6 cm³/mol. The van der Waals surface area contributed by atoms with Gasteiger partial charge in [-0.05, 0) is 39.2 Å². The topological polar surface area (TPSA) is 37.8 Å². The molecule has 0 unspecified atom stereocenters. The monoisotopic (exact) mass is 261 g/mol. The zero-order valence-electron chi connectivity index (χ0n) is 11.4. The third-order valence-corrected chi connectivity index (χ3v) is 5.01. The van der Waals surface area contributed by atoms with Crippen molar-refractivity contribution in [2.24, 2.45) is 0 Å². The second-order valence-corrected chi connectivity index (χ2v) is 6.65. The molecule has 0 aromatic carbocycles. The number of anilines is 1. The van der Waals surface area contributed by atoms with Crippen LogP contribution in [0.3, 0.4) is 0 Å². The Bertz CT molecular complexity index is 611. The summed E-state index contributed by atoms with van der Waals surface area (Å²) in [6.45, 7) is 9.60. The van der Waals surface area contributed by atoms with Crippen LogP contribution in [0, 0.1) is 13.8 Å². The molecular weight excluding hydrogens is 242 g/mol. The molecule has 2 aromatic rings. The Kier molecular flexibility index (Phi) is 2.59. The first-order valence-corrected chi connectivity index (χ1v) is 7.39. The van der Waals surface area contributed by atoms with Gasteiger partial charge in [0.1, 0.15) is 16.5 Å². The van der Waals surface area contributed by atoms with Crippen LogP contribution < -0.4 is 5.32 Å².